The fourth-order valence-corrected chi connectivity index (χ4v) is 4.73. The molecule has 0 radical (unpaired) electrons. The molecular weight excluding hydrogens is 396 g/mol. The van der Waals surface area contributed by atoms with E-state index in [9.17, 15) is 22.8 Å². The number of amides is 3. The first-order chi connectivity index (χ1) is 13.8. The van der Waals surface area contributed by atoms with Gasteiger partial charge in [0.2, 0.25) is 17.7 Å². The molecule has 0 spiro atoms. The number of carbonyl (C=O) groups is 3. The standard InChI is InChI=1S/C19H24N4O5S/c1-13-5-7-14(8-6-13)29(27,28)23-11-10-21-19(26)16(23)12-17(24)22-15-4-2-3-9-20-18(15)25/h5-8,10-11,15-16H,2-4,9,12H2,1H3,(H,20,25)(H,21,26)(H,22,24)/t15-,16+/m0/s1. The second kappa shape index (κ2) is 8.64. The Balaban J connectivity index is 1.77. The summed E-state index contributed by atoms with van der Waals surface area (Å²) in [7, 11) is -4.03. The lowest BCUT2D eigenvalue weighted by molar-refractivity contribution is -0.131. The van der Waals surface area contributed by atoms with Crippen molar-refractivity contribution in [2.75, 3.05) is 6.54 Å². The Kier molecular flexibility index (Phi) is 6.21. The van der Waals surface area contributed by atoms with Crippen molar-refractivity contribution in [3.05, 3.63) is 42.2 Å². The molecule has 0 aliphatic carbocycles. The maximum Gasteiger partial charge on any atom is 0.264 e. The van der Waals surface area contributed by atoms with Gasteiger partial charge < -0.3 is 16.0 Å². The van der Waals surface area contributed by atoms with E-state index in [-0.39, 0.29) is 10.8 Å². The van der Waals surface area contributed by atoms with Crippen LogP contribution in [0.2, 0.25) is 0 Å². The molecule has 1 aromatic rings. The second-order valence-corrected chi connectivity index (χ2v) is 8.94. The Morgan fingerprint density at radius 3 is 2.62 bits per heavy atom. The van der Waals surface area contributed by atoms with Crippen LogP contribution >= 0.6 is 0 Å². The summed E-state index contributed by atoms with van der Waals surface area (Å²) in [4.78, 5) is 36.9. The van der Waals surface area contributed by atoms with Gasteiger partial charge in [-0.05, 0) is 38.3 Å². The smallest absolute Gasteiger partial charge is 0.264 e. The molecule has 1 aromatic carbocycles. The molecule has 2 aliphatic heterocycles. The number of rotatable bonds is 5. The molecule has 2 heterocycles. The lowest BCUT2D eigenvalue weighted by atomic mass is 10.1. The summed E-state index contributed by atoms with van der Waals surface area (Å²) < 4.78 is 26.9. The molecule has 2 atom stereocenters. The number of hydrogen-bond acceptors (Lipinski definition) is 5. The van der Waals surface area contributed by atoms with Crippen molar-refractivity contribution in [1.82, 2.24) is 20.3 Å². The van der Waals surface area contributed by atoms with Crippen molar-refractivity contribution < 1.29 is 22.8 Å². The van der Waals surface area contributed by atoms with Gasteiger partial charge in [0.05, 0.1) is 11.3 Å². The van der Waals surface area contributed by atoms with Crippen molar-refractivity contribution in [2.24, 2.45) is 0 Å². The molecule has 1 saturated heterocycles. The van der Waals surface area contributed by atoms with Gasteiger partial charge in [0.25, 0.3) is 10.0 Å². The van der Waals surface area contributed by atoms with Crippen LogP contribution in [-0.4, -0.2) is 49.1 Å². The molecule has 3 rings (SSSR count). The van der Waals surface area contributed by atoms with Crippen LogP contribution in [0.25, 0.3) is 0 Å². The highest BCUT2D eigenvalue weighted by atomic mass is 32.2. The van der Waals surface area contributed by atoms with Crippen LogP contribution in [0.4, 0.5) is 0 Å². The summed E-state index contributed by atoms with van der Waals surface area (Å²) in [5.74, 6) is -1.44. The summed E-state index contributed by atoms with van der Waals surface area (Å²) in [5, 5.41) is 7.78. The number of aryl methyl sites for hydroxylation is 1. The van der Waals surface area contributed by atoms with E-state index in [1.807, 2.05) is 6.92 Å². The summed E-state index contributed by atoms with van der Waals surface area (Å²) in [6, 6.07) is 4.30. The molecule has 2 aliphatic rings. The van der Waals surface area contributed by atoms with Crippen molar-refractivity contribution in [2.45, 2.75) is 49.6 Å². The van der Waals surface area contributed by atoms with E-state index in [1.54, 1.807) is 12.1 Å². The number of benzene rings is 1. The van der Waals surface area contributed by atoms with Crippen molar-refractivity contribution >= 4 is 27.7 Å². The Hall–Kier alpha value is -2.88. The zero-order valence-electron chi connectivity index (χ0n) is 16.1. The molecule has 0 unspecified atom stereocenters. The van der Waals surface area contributed by atoms with Gasteiger partial charge in [0.15, 0.2) is 0 Å². The third-order valence-corrected chi connectivity index (χ3v) is 6.70. The maximum atomic E-state index is 13.0. The van der Waals surface area contributed by atoms with E-state index in [1.165, 1.54) is 24.5 Å². The van der Waals surface area contributed by atoms with E-state index >= 15 is 0 Å². The first kappa shape index (κ1) is 20.8. The minimum atomic E-state index is -4.03. The zero-order chi connectivity index (χ0) is 21.0. The first-order valence-corrected chi connectivity index (χ1v) is 10.9. The Morgan fingerprint density at radius 1 is 1.17 bits per heavy atom. The molecule has 0 bridgehead atoms. The van der Waals surface area contributed by atoms with Crippen LogP contribution in [0, 0.1) is 6.92 Å². The Morgan fingerprint density at radius 2 is 1.90 bits per heavy atom. The van der Waals surface area contributed by atoms with Crippen LogP contribution in [0.3, 0.4) is 0 Å². The van der Waals surface area contributed by atoms with E-state index < -0.39 is 40.3 Å². The molecule has 3 N–H and O–H groups in total. The fraction of sp³-hybridized carbons (Fsp3) is 0.421. The van der Waals surface area contributed by atoms with Gasteiger partial charge in [-0.1, -0.05) is 17.7 Å². The van der Waals surface area contributed by atoms with Gasteiger partial charge in [-0.3, -0.25) is 18.7 Å². The van der Waals surface area contributed by atoms with Crippen LogP contribution in [0.15, 0.2) is 41.6 Å². The number of nitrogens with one attached hydrogen (secondary N) is 3. The van der Waals surface area contributed by atoms with E-state index in [0.29, 0.717) is 13.0 Å². The molecular formula is C19H24N4O5S. The van der Waals surface area contributed by atoms with Crippen LogP contribution in [0.5, 0.6) is 0 Å². The summed E-state index contributed by atoms with van der Waals surface area (Å²) in [6.07, 6.45) is 4.17. The molecule has 3 amide bonds. The SMILES string of the molecule is Cc1ccc(S(=O)(=O)N2C=CNC(=O)[C@H]2CC(=O)N[C@H]2CCCCNC2=O)cc1. The van der Waals surface area contributed by atoms with Gasteiger partial charge in [-0.15, -0.1) is 0 Å². The van der Waals surface area contributed by atoms with Crippen LogP contribution in [-0.2, 0) is 24.4 Å². The zero-order valence-corrected chi connectivity index (χ0v) is 16.9. The molecule has 156 valence electrons. The lowest BCUT2D eigenvalue weighted by Crippen LogP contribution is -2.52. The first-order valence-electron chi connectivity index (χ1n) is 9.43. The third kappa shape index (κ3) is 4.76. The molecule has 0 saturated carbocycles. The minimum Gasteiger partial charge on any atom is -0.354 e. The summed E-state index contributed by atoms with van der Waals surface area (Å²) in [6.45, 7) is 2.39. The van der Waals surface area contributed by atoms with Crippen molar-refractivity contribution in [3.63, 3.8) is 0 Å². The summed E-state index contributed by atoms with van der Waals surface area (Å²) >= 11 is 0. The molecule has 9 nitrogen and oxygen atoms in total. The van der Waals surface area contributed by atoms with Crippen LogP contribution in [0.1, 0.15) is 31.2 Å². The molecule has 10 heteroatoms. The largest absolute Gasteiger partial charge is 0.354 e. The quantitative estimate of drug-likeness (QED) is 0.625. The van der Waals surface area contributed by atoms with Crippen LogP contribution < -0.4 is 16.0 Å². The lowest BCUT2D eigenvalue weighted by Gasteiger charge is -2.31. The van der Waals surface area contributed by atoms with Gasteiger partial charge >= 0.3 is 0 Å². The number of carbonyl (C=O) groups excluding carboxylic acids is 3. The molecule has 1 fully saturated rings. The maximum absolute atomic E-state index is 13.0. The van der Waals surface area contributed by atoms with Gasteiger partial charge in [0, 0.05) is 18.9 Å². The highest BCUT2D eigenvalue weighted by Gasteiger charge is 2.37. The van der Waals surface area contributed by atoms with E-state index in [2.05, 4.69) is 16.0 Å². The normalized spacial score (nSPS) is 22.4. The highest BCUT2D eigenvalue weighted by molar-refractivity contribution is 7.89. The summed E-state index contributed by atoms with van der Waals surface area (Å²) in [5.41, 5.74) is 0.897. The predicted molar refractivity (Wildman–Crippen MR) is 105 cm³/mol. The third-order valence-electron chi connectivity index (χ3n) is 4.90. The number of nitrogens with zero attached hydrogens (tertiary/aromatic N) is 1. The van der Waals surface area contributed by atoms with Crippen molar-refractivity contribution in [1.29, 1.82) is 0 Å². The van der Waals surface area contributed by atoms with Gasteiger partial charge in [-0.25, -0.2) is 8.42 Å². The Labute approximate surface area is 169 Å². The monoisotopic (exact) mass is 420 g/mol. The minimum absolute atomic E-state index is 0.0241. The van der Waals surface area contributed by atoms with Gasteiger partial charge in [0.1, 0.15) is 12.1 Å². The average Bonchev–Trinajstić information content (AvgIpc) is 2.88. The second-order valence-electron chi connectivity index (χ2n) is 7.10. The molecule has 0 aromatic heterocycles. The van der Waals surface area contributed by atoms with E-state index in [0.717, 1.165) is 22.7 Å². The van der Waals surface area contributed by atoms with Gasteiger partial charge in [-0.2, -0.15) is 0 Å². The average molecular weight is 420 g/mol. The topological polar surface area (TPSA) is 125 Å². The Bertz CT molecular complexity index is 926. The fourth-order valence-electron chi connectivity index (χ4n) is 3.28. The number of sulfonamides is 1. The predicted octanol–water partition coefficient (Wildman–Crippen LogP) is 0.130. The molecule has 29 heavy (non-hydrogen) atoms. The number of hydrogen-bond donors (Lipinski definition) is 3. The van der Waals surface area contributed by atoms with Crippen molar-refractivity contribution in [3.8, 4) is 0 Å². The highest BCUT2D eigenvalue weighted by Crippen LogP contribution is 2.23. The van der Waals surface area contributed by atoms with E-state index in [4.69, 9.17) is 0 Å².